The summed E-state index contributed by atoms with van der Waals surface area (Å²) in [4.78, 5) is 10.3. The van der Waals surface area contributed by atoms with E-state index in [1.54, 1.807) is 0 Å². The van der Waals surface area contributed by atoms with Crippen LogP contribution in [0.15, 0.2) is 18.2 Å². The van der Waals surface area contributed by atoms with Crippen molar-refractivity contribution in [1.29, 1.82) is 0 Å². The minimum Gasteiger partial charge on any atom is -0.481 e. The van der Waals surface area contributed by atoms with Gasteiger partial charge in [0.15, 0.2) is 0 Å². The Hall–Kier alpha value is -1.17. The molecule has 0 heterocycles. The molecule has 0 saturated heterocycles. The maximum Gasteiger partial charge on any atom is 0.306 e. The van der Waals surface area contributed by atoms with E-state index >= 15 is 0 Å². The van der Waals surface area contributed by atoms with Crippen molar-refractivity contribution in [2.24, 2.45) is 0 Å². The number of aliphatic hydroxyl groups excluding tert-OH is 2. The monoisotopic (exact) mass is 248 g/mol. The number of aliphatic carboxylic acids is 1. The van der Waals surface area contributed by atoms with Crippen LogP contribution in [0.25, 0.3) is 0 Å². The van der Waals surface area contributed by atoms with Crippen LogP contribution < -0.4 is 0 Å². The highest BCUT2D eigenvalue weighted by atomic mass is 35.5. The van der Waals surface area contributed by atoms with E-state index in [1.165, 1.54) is 12.1 Å². The van der Waals surface area contributed by atoms with Gasteiger partial charge in [-0.15, -0.1) is 0 Å². The van der Waals surface area contributed by atoms with Crippen molar-refractivity contribution in [2.45, 2.75) is 18.6 Å². The third-order valence-corrected chi connectivity index (χ3v) is 2.26. The van der Waals surface area contributed by atoms with Crippen molar-refractivity contribution in [3.05, 3.63) is 34.6 Å². The lowest BCUT2D eigenvalue weighted by atomic mass is 10.0. The molecule has 1 aromatic rings. The molecule has 2 unspecified atom stereocenters. The van der Waals surface area contributed by atoms with Gasteiger partial charge < -0.3 is 15.3 Å². The Morgan fingerprint density at radius 3 is 2.56 bits per heavy atom. The lowest BCUT2D eigenvalue weighted by molar-refractivity contribution is -0.141. The summed E-state index contributed by atoms with van der Waals surface area (Å²) in [5, 5.41) is 27.4. The first kappa shape index (κ1) is 12.9. The SMILES string of the molecule is O=C(O)CC(O)C(O)c1ccc(Cl)cc1F. The molecule has 0 spiro atoms. The van der Waals surface area contributed by atoms with Crippen molar-refractivity contribution in [1.82, 2.24) is 0 Å². The summed E-state index contributed by atoms with van der Waals surface area (Å²) in [6.45, 7) is 0. The van der Waals surface area contributed by atoms with Crippen LogP contribution in [0.3, 0.4) is 0 Å². The summed E-state index contributed by atoms with van der Waals surface area (Å²) in [6.07, 6.45) is -3.81. The van der Waals surface area contributed by atoms with Crippen LogP contribution in [-0.4, -0.2) is 27.4 Å². The minimum atomic E-state index is -1.59. The molecule has 1 aromatic carbocycles. The topological polar surface area (TPSA) is 77.8 Å². The fourth-order valence-corrected chi connectivity index (χ4v) is 1.40. The molecule has 4 nitrogen and oxygen atoms in total. The number of benzene rings is 1. The Morgan fingerprint density at radius 2 is 2.06 bits per heavy atom. The zero-order valence-electron chi connectivity index (χ0n) is 8.10. The van der Waals surface area contributed by atoms with E-state index in [0.717, 1.165) is 6.07 Å². The molecule has 0 radical (unpaired) electrons. The summed E-state index contributed by atoms with van der Waals surface area (Å²) in [5.74, 6) is -2.06. The van der Waals surface area contributed by atoms with Gasteiger partial charge in [0.25, 0.3) is 0 Å². The fraction of sp³-hybridized carbons (Fsp3) is 0.300. The fourth-order valence-electron chi connectivity index (χ4n) is 1.24. The lowest BCUT2D eigenvalue weighted by Crippen LogP contribution is -2.22. The number of carbonyl (C=O) groups is 1. The maximum atomic E-state index is 13.3. The van der Waals surface area contributed by atoms with Crippen LogP contribution in [0, 0.1) is 5.82 Å². The zero-order valence-corrected chi connectivity index (χ0v) is 8.86. The summed E-state index contributed by atoms with van der Waals surface area (Å²) in [5.41, 5.74) is -0.182. The van der Waals surface area contributed by atoms with E-state index in [1.807, 2.05) is 0 Å². The number of hydrogen-bond acceptors (Lipinski definition) is 3. The molecule has 0 fully saturated rings. The zero-order chi connectivity index (χ0) is 12.3. The summed E-state index contributed by atoms with van der Waals surface area (Å²) in [6, 6.07) is 3.53. The van der Waals surface area contributed by atoms with E-state index in [0.29, 0.717) is 0 Å². The average Bonchev–Trinajstić information content (AvgIpc) is 2.15. The third-order valence-electron chi connectivity index (χ3n) is 2.03. The molecule has 3 N–H and O–H groups in total. The van der Waals surface area contributed by atoms with Crippen molar-refractivity contribution >= 4 is 17.6 Å². The smallest absolute Gasteiger partial charge is 0.306 e. The first-order valence-corrected chi connectivity index (χ1v) is 4.82. The highest BCUT2D eigenvalue weighted by Gasteiger charge is 2.23. The Labute approximate surface area is 95.9 Å². The number of carboxylic acid groups (broad SMARTS) is 1. The van der Waals surface area contributed by atoms with E-state index < -0.39 is 30.4 Å². The number of hydrogen-bond donors (Lipinski definition) is 3. The van der Waals surface area contributed by atoms with Crippen molar-refractivity contribution in [2.75, 3.05) is 0 Å². The van der Waals surface area contributed by atoms with Gasteiger partial charge in [-0.25, -0.2) is 4.39 Å². The van der Waals surface area contributed by atoms with Gasteiger partial charge >= 0.3 is 5.97 Å². The molecule has 88 valence electrons. The van der Waals surface area contributed by atoms with Crippen LogP contribution >= 0.6 is 11.6 Å². The number of rotatable bonds is 4. The van der Waals surface area contributed by atoms with Gasteiger partial charge in [0.1, 0.15) is 11.9 Å². The third kappa shape index (κ3) is 3.16. The average molecular weight is 249 g/mol. The first-order chi connectivity index (χ1) is 7.41. The maximum absolute atomic E-state index is 13.3. The van der Waals surface area contributed by atoms with Crippen molar-refractivity contribution in [3.63, 3.8) is 0 Å². The predicted molar refractivity (Wildman–Crippen MR) is 54.6 cm³/mol. The Morgan fingerprint density at radius 1 is 1.44 bits per heavy atom. The molecule has 6 heteroatoms. The number of carboxylic acids is 1. The predicted octanol–water partition coefficient (Wildman–Crippen LogP) is 1.35. The van der Waals surface area contributed by atoms with Gasteiger partial charge in [-0.05, 0) is 12.1 Å². The van der Waals surface area contributed by atoms with E-state index in [4.69, 9.17) is 16.7 Å². The minimum absolute atomic E-state index is 0.154. The standard InChI is InChI=1S/C10H10ClFO4/c11-5-1-2-6(7(12)3-5)10(16)8(13)4-9(14)15/h1-3,8,10,13,16H,4H2,(H,14,15). The molecular weight excluding hydrogens is 239 g/mol. The van der Waals surface area contributed by atoms with E-state index in [2.05, 4.69) is 0 Å². The molecule has 0 saturated carbocycles. The second kappa shape index (κ2) is 5.25. The summed E-state index contributed by atoms with van der Waals surface area (Å²) >= 11 is 5.51. The first-order valence-electron chi connectivity index (χ1n) is 4.44. The highest BCUT2D eigenvalue weighted by molar-refractivity contribution is 6.30. The van der Waals surface area contributed by atoms with Crippen LogP contribution in [0.4, 0.5) is 4.39 Å². The Kier molecular flexibility index (Phi) is 4.23. The highest BCUT2D eigenvalue weighted by Crippen LogP contribution is 2.24. The molecule has 0 aromatic heterocycles. The molecular formula is C10H10ClFO4. The van der Waals surface area contributed by atoms with Gasteiger partial charge in [-0.2, -0.15) is 0 Å². The summed E-state index contributed by atoms with van der Waals surface area (Å²) in [7, 11) is 0. The molecule has 0 aliphatic heterocycles. The largest absolute Gasteiger partial charge is 0.481 e. The summed E-state index contributed by atoms with van der Waals surface area (Å²) < 4.78 is 13.3. The van der Waals surface area contributed by atoms with Crippen molar-refractivity contribution < 1.29 is 24.5 Å². The molecule has 2 atom stereocenters. The Balaban J connectivity index is 2.87. The Bertz CT molecular complexity index is 396. The van der Waals surface area contributed by atoms with Crippen LogP contribution in [0.5, 0.6) is 0 Å². The van der Waals surface area contributed by atoms with Crippen LogP contribution in [-0.2, 0) is 4.79 Å². The number of aliphatic hydroxyl groups is 2. The molecule has 0 aliphatic carbocycles. The van der Waals surface area contributed by atoms with Gasteiger partial charge in [0.05, 0.1) is 12.5 Å². The molecule has 1 rings (SSSR count). The second-order valence-electron chi connectivity index (χ2n) is 3.28. The quantitative estimate of drug-likeness (QED) is 0.752. The number of halogens is 2. The van der Waals surface area contributed by atoms with E-state index in [-0.39, 0.29) is 10.6 Å². The molecule has 16 heavy (non-hydrogen) atoms. The van der Waals surface area contributed by atoms with Gasteiger partial charge in [-0.1, -0.05) is 17.7 Å². The van der Waals surface area contributed by atoms with Crippen molar-refractivity contribution in [3.8, 4) is 0 Å². The molecule has 0 amide bonds. The normalized spacial score (nSPS) is 14.5. The van der Waals surface area contributed by atoms with Crippen LogP contribution in [0.1, 0.15) is 18.1 Å². The van der Waals surface area contributed by atoms with Gasteiger partial charge in [0.2, 0.25) is 0 Å². The van der Waals surface area contributed by atoms with Gasteiger partial charge in [0, 0.05) is 10.6 Å². The van der Waals surface area contributed by atoms with Crippen LogP contribution in [0.2, 0.25) is 5.02 Å². The van der Waals surface area contributed by atoms with E-state index in [9.17, 15) is 19.4 Å². The van der Waals surface area contributed by atoms with Gasteiger partial charge in [-0.3, -0.25) is 4.79 Å². The lowest BCUT2D eigenvalue weighted by Gasteiger charge is -2.17. The molecule has 0 aliphatic rings. The molecule has 0 bridgehead atoms. The second-order valence-corrected chi connectivity index (χ2v) is 3.71.